The second-order valence-electron chi connectivity index (χ2n) is 13.6. The first-order valence-electron chi connectivity index (χ1n) is 18.2. The van der Waals surface area contributed by atoms with E-state index < -0.39 is 34.9 Å². The van der Waals surface area contributed by atoms with E-state index in [1.807, 2.05) is 12.1 Å². The van der Waals surface area contributed by atoms with Gasteiger partial charge in [-0.2, -0.15) is 10.5 Å². The van der Waals surface area contributed by atoms with Crippen LogP contribution in [-0.4, -0.2) is 0 Å². The minimum atomic E-state index is -0.731. The van der Waals surface area contributed by atoms with Crippen LogP contribution in [0, 0.1) is 57.6 Å². The van der Waals surface area contributed by atoms with Crippen LogP contribution in [0.3, 0.4) is 0 Å². The molecule has 0 N–H and O–H groups in total. The van der Waals surface area contributed by atoms with Crippen LogP contribution in [0.5, 0.6) is 0 Å². The van der Waals surface area contributed by atoms with E-state index in [4.69, 9.17) is 10.5 Å². The first kappa shape index (κ1) is 38.6. The molecule has 0 amide bonds. The standard InChI is InChI=1S/C47H36F6N2/c48-42-24-32(12-14-36(42)28-54)40-20-16-34(26-46(40)52)38-18-10-30(22-44(38)50)8-6-4-2-1-3-5-7-9-31-11-19-39(45(51)23-31)35-17-21-41(47(53)27-35)33-13-15-37(29-55)43(49)25-33/h10-27H,1-9H2. The molecule has 8 heteroatoms. The summed E-state index contributed by atoms with van der Waals surface area (Å²) >= 11 is 0. The topological polar surface area (TPSA) is 47.6 Å². The molecule has 0 aliphatic carbocycles. The fourth-order valence-corrected chi connectivity index (χ4v) is 6.82. The Morgan fingerprint density at radius 3 is 0.927 bits per heavy atom. The lowest BCUT2D eigenvalue weighted by atomic mass is 9.96. The fourth-order valence-electron chi connectivity index (χ4n) is 6.82. The number of benzene rings is 6. The smallest absolute Gasteiger partial charge is 0.141 e. The Kier molecular flexibility index (Phi) is 12.5. The maximum absolute atomic E-state index is 15.1. The van der Waals surface area contributed by atoms with Gasteiger partial charge in [-0.3, -0.25) is 0 Å². The van der Waals surface area contributed by atoms with Crippen LogP contribution in [0.15, 0.2) is 109 Å². The SMILES string of the molecule is N#Cc1ccc(-c2ccc(-c3ccc(CCCCCCCCCc4ccc(-c5ccc(-c6ccc(C#N)c(F)c6)c(F)c5)c(F)c4)cc3F)cc2F)cc1F. The molecule has 0 aromatic heterocycles. The Bertz CT molecular complexity index is 2250. The van der Waals surface area contributed by atoms with Crippen molar-refractivity contribution in [3.8, 4) is 56.6 Å². The number of hydrogen-bond donors (Lipinski definition) is 0. The van der Waals surface area contributed by atoms with Gasteiger partial charge in [0.1, 0.15) is 47.0 Å². The third-order valence-electron chi connectivity index (χ3n) is 9.86. The van der Waals surface area contributed by atoms with Crippen molar-refractivity contribution in [3.63, 3.8) is 0 Å². The molecule has 0 aliphatic rings. The normalized spacial score (nSPS) is 11.0. The Labute approximate surface area is 317 Å². The first-order valence-corrected chi connectivity index (χ1v) is 18.2. The van der Waals surface area contributed by atoms with Crippen molar-refractivity contribution in [1.29, 1.82) is 10.5 Å². The van der Waals surface area contributed by atoms with Crippen molar-refractivity contribution in [3.05, 3.63) is 166 Å². The zero-order valence-electron chi connectivity index (χ0n) is 29.9. The third-order valence-corrected chi connectivity index (χ3v) is 9.86. The molecular formula is C47H36F6N2. The van der Waals surface area contributed by atoms with Gasteiger partial charge >= 0.3 is 0 Å². The lowest BCUT2D eigenvalue weighted by molar-refractivity contribution is 0.576. The van der Waals surface area contributed by atoms with E-state index >= 15 is 8.78 Å². The summed E-state index contributed by atoms with van der Waals surface area (Å²) in [5, 5.41) is 17.9. The van der Waals surface area contributed by atoms with Gasteiger partial charge in [0.2, 0.25) is 0 Å². The van der Waals surface area contributed by atoms with Crippen LogP contribution in [0.1, 0.15) is 67.2 Å². The van der Waals surface area contributed by atoms with Gasteiger partial charge in [-0.15, -0.1) is 0 Å². The molecule has 0 bridgehead atoms. The molecular weight excluding hydrogens is 707 g/mol. The van der Waals surface area contributed by atoms with Crippen LogP contribution in [0.2, 0.25) is 0 Å². The minimum absolute atomic E-state index is 0.124. The number of unbranched alkanes of at least 4 members (excludes halogenated alkanes) is 6. The molecule has 0 atom stereocenters. The average molecular weight is 743 g/mol. The lowest BCUT2D eigenvalue weighted by Gasteiger charge is -2.10. The van der Waals surface area contributed by atoms with Crippen molar-refractivity contribution >= 4 is 0 Å². The summed E-state index contributed by atoms with van der Waals surface area (Å²) < 4.78 is 88.2. The van der Waals surface area contributed by atoms with Gasteiger partial charge in [-0.25, -0.2) is 26.3 Å². The molecule has 0 saturated heterocycles. The van der Waals surface area contributed by atoms with Gasteiger partial charge < -0.3 is 0 Å². The van der Waals surface area contributed by atoms with E-state index in [1.54, 1.807) is 36.4 Å². The second-order valence-corrected chi connectivity index (χ2v) is 13.6. The molecule has 0 spiro atoms. The molecule has 0 radical (unpaired) electrons. The number of nitrogens with zero attached hydrogens (tertiary/aromatic N) is 2. The quantitative estimate of drug-likeness (QED) is 0.0824. The van der Waals surface area contributed by atoms with Crippen LogP contribution >= 0.6 is 0 Å². The van der Waals surface area contributed by atoms with E-state index in [2.05, 4.69) is 0 Å². The third kappa shape index (κ3) is 9.34. The van der Waals surface area contributed by atoms with Gasteiger partial charge in [0.05, 0.1) is 11.1 Å². The highest BCUT2D eigenvalue weighted by atomic mass is 19.1. The Morgan fingerprint density at radius 1 is 0.327 bits per heavy atom. The highest BCUT2D eigenvalue weighted by molar-refractivity contribution is 5.73. The molecule has 55 heavy (non-hydrogen) atoms. The molecule has 0 fully saturated rings. The van der Waals surface area contributed by atoms with Crippen molar-refractivity contribution in [2.45, 2.75) is 57.8 Å². The summed E-state index contributed by atoms with van der Waals surface area (Å²) in [5.41, 5.74) is 3.70. The zero-order chi connectivity index (χ0) is 38.9. The maximum Gasteiger partial charge on any atom is 0.141 e. The molecule has 0 heterocycles. The van der Waals surface area contributed by atoms with Gasteiger partial charge in [-0.05, 0) is 108 Å². The Balaban J connectivity index is 0.906. The lowest BCUT2D eigenvalue weighted by Crippen LogP contribution is -1.93. The minimum Gasteiger partial charge on any atom is -0.206 e. The van der Waals surface area contributed by atoms with E-state index in [1.165, 1.54) is 60.7 Å². The average Bonchev–Trinajstić information content (AvgIpc) is 3.17. The van der Waals surface area contributed by atoms with E-state index in [0.717, 1.165) is 81.0 Å². The monoisotopic (exact) mass is 742 g/mol. The Hall–Kier alpha value is -6.12. The van der Waals surface area contributed by atoms with Crippen molar-refractivity contribution in [2.75, 3.05) is 0 Å². The van der Waals surface area contributed by atoms with Gasteiger partial charge in [0.25, 0.3) is 0 Å². The Morgan fingerprint density at radius 2 is 0.618 bits per heavy atom. The molecule has 276 valence electrons. The largest absolute Gasteiger partial charge is 0.206 e. The van der Waals surface area contributed by atoms with Crippen molar-refractivity contribution < 1.29 is 26.3 Å². The maximum atomic E-state index is 15.1. The summed E-state index contributed by atoms with van der Waals surface area (Å²) in [4.78, 5) is 0. The second kappa shape index (κ2) is 17.8. The molecule has 2 nitrogen and oxygen atoms in total. The summed E-state index contributed by atoms with van der Waals surface area (Å²) in [7, 11) is 0. The molecule has 0 saturated carbocycles. The van der Waals surface area contributed by atoms with Gasteiger partial charge in [0, 0.05) is 22.3 Å². The highest BCUT2D eigenvalue weighted by Crippen LogP contribution is 2.33. The number of rotatable bonds is 14. The molecule has 0 aliphatic heterocycles. The number of hydrogen-bond acceptors (Lipinski definition) is 2. The molecule has 6 rings (SSSR count). The van der Waals surface area contributed by atoms with E-state index in [9.17, 15) is 17.6 Å². The summed E-state index contributed by atoms with van der Waals surface area (Å²) in [5.74, 6) is -3.57. The zero-order valence-corrected chi connectivity index (χ0v) is 29.9. The predicted molar refractivity (Wildman–Crippen MR) is 204 cm³/mol. The fraction of sp³-hybridized carbons (Fsp3) is 0.191. The van der Waals surface area contributed by atoms with Crippen LogP contribution in [-0.2, 0) is 12.8 Å². The van der Waals surface area contributed by atoms with Gasteiger partial charge in [0.15, 0.2) is 0 Å². The summed E-state index contributed by atoms with van der Waals surface area (Å²) in [6.07, 6.45) is 8.45. The first-order chi connectivity index (χ1) is 26.6. The van der Waals surface area contributed by atoms with Crippen molar-refractivity contribution in [1.82, 2.24) is 0 Å². The van der Waals surface area contributed by atoms with Crippen molar-refractivity contribution in [2.24, 2.45) is 0 Å². The number of halogens is 6. The highest BCUT2D eigenvalue weighted by Gasteiger charge is 2.15. The summed E-state index contributed by atoms with van der Waals surface area (Å²) in [6.45, 7) is 0. The van der Waals surface area contributed by atoms with E-state index in [0.29, 0.717) is 22.3 Å². The predicted octanol–water partition coefficient (Wildman–Crippen LogP) is 13.4. The van der Waals surface area contributed by atoms with Crippen LogP contribution in [0.4, 0.5) is 26.3 Å². The van der Waals surface area contributed by atoms with Crippen LogP contribution < -0.4 is 0 Å². The summed E-state index contributed by atoms with van der Waals surface area (Å²) in [6, 6.07) is 29.9. The van der Waals surface area contributed by atoms with Gasteiger partial charge in [-0.1, -0.05) is 92.8 Å². The number of aryl methyl sites for hydroxylation is 2. The number of nitriles is 2. The van der Waals surface area contributed by atoms with E-state index in [-0.39, 0.29) is 33.4 Å². The molecule has 6 aromatic rings. The van der Waals surface area contributed by atoms with Crippen LogP contribution in [0.25, 0.3) is 44.5 Å². The molecule has 6 aromatic carbocycles. The molecule has 0 unspecified atom stereocenters.